The van der Waals surface area contributed by atoms with Gasteiger partial charge >= 0.3 is 0 Å². The second kappa shape index (κ2) is 7.44. The monoisotopic (exact) mass is 358 g/mol. The van der Waals surface area contributed by atoms with Gasteiger partial charge in [0, 0.05) is 13.1 Å². The minimum atomic E-state index is -0.384. The minimum absolute atomic E-state index is 0.151. The number of piperidine rings is 1. The fourth-order valence-corrected chi connectivity index (χ4v) is 4.28. The molecule has 2 unspecified atom stereocenters. The Kier molecular flexibility index (Phi) is 5.27. The highest BCUT2D eigenvalue weighted by atomic mass is 32.2. The first-order valence-electron chi connectivity index (χ1n) is 8.52. The molecular weight excluding hydrogens is 336 g/mol. The van der Waals surface area contributed by atoms with E-state index in [1.807, 2.05) is 30.3 Å². The molecule has 3 amide bonds. The van der Waals surface area contributed by atoms with Gasteiger partial charge in [-0.1, -0.05) is 44.2 Å². The Morgan fingerprint density at radius 2 is 1.80 bits per heavy atom. The van der Waals surface area contributed by atoms with Gasteiger partial charge < -0.3 is 4.90 Å². The van der Waals surface area contributed by atoms with E-state index in [-0.39, 0.29) is 23.6 Å². The second-order valence-corrected chi connectivity index (χ2v) is 7.92. The van der Waals surface area contributed by atoms with Crippen LogP contribution in [0.1, 0.15) is 25.8 Å². The van der Waals surface area contributed by atoms with Gasteiger partial charge in [0.1, 0.15) is 6.54 Å². The van der Waals surface area contributed by atoms with Crippen LogP contribution >= 0.6 is 11.8 Å². The third-order valence-corrected chi connectivity index (χ3v) is 5.39. The summed E-state index contributed by atoms with van der Waals surface area (Å²) >= 11 is 0.894. The van der Waals surface area contributed by atoms with Gasteiger partial charge in [0.2, 0.25) is 5.91 Å². The standard InChI is InChI=1S/C19H22N2O3S/c1-13-8-14(2)11-20(10-13)17(22)12-21-18(23)16(25-19(21)24)9-15-6-4-3-5-7-15/h3-7,9,13-14H,8,10-12H2,1-2H3/b16-9+. The van der Waals surface area contributed by atoms with Gasteiger partial charge in [-0.15, -0.1) is 0 Å². The van der Waals surface area contributed by atoms with Gasteiger partial charge in [0.15, 0.2) is 0 Å². The summed E-state index contributed by atoms with van der Waals surface area (Å²) < 4.78 is 0. The lowest BCUT2D eigenvalue weighted by atomic mass is 9.92. The Labute approximate surface area is 152 Å². The molecule has 0 spiro atoms. The van der Waals surface area contributed by atoms with Crippen LogP contribution < -0.4 is 0 Å². The molecule has 6 heteroatoms. The van der Waals surface area contributed by atoms with E-state index in [1.165, 1.54) is 0 Å². The number of nitrogens with zero attached hydrogens (tertiary/aromatic N) is 2. The van der Waals surface area contributed by atoms with E-state index in [0.29, 0.717) is 29.8 Å². The van der Waals surface area contributed by atoms with Crippen molar-refractivity contribution in [3.63, 3.8) is 0 Å². The molecule has 0 saturated carbocycles. The number of amides is 3. The molecule has 0 aromatic heterocycles. The van der Waals surface area contributed by atoms with Crippen LogP contribution in [-0.4, -0.2) is 46.5 Å². The Morgan fingerprint density at radius 3 is 2.44 bits per heavy atom. The maximum Gasteiger partial charge on any atom is 0.294 e. The molecule has 3 rings (SSSR count). The predicted molar refractivity (Wildman–Crippen MR) is 98.6 cm³/mol. The van der Waals surface area contributed by atoms with E-state index in [1.54, 1.807) is 11.0 Å². The molecule has 0 aliphatic carbocycles. The summed E-state index contributed by atoms with van der Waals surface area (Å²) in [6, 6.07) is 9.38. The number of thioether (sulfide) groups is 1. The van der Waals surface area contributed by atoms with Gasteiger partial charge in [-0.25, -0.2) is 0 Å². The summed E-state index contributed by atoms with van der Waals surface area (Å²) in [7, 11) is 0. The first-order valence-corrected chi connectivity index (χ1v) is 9.34. The van der Waals surface area contributed by atoms with Crippen molar-refractivity contribution in [2.75, 3.05) is 19.6 Å². The van der Waals surface area contributed by atoms with E-state index in [4.69, 9.17) is 0 Å². The highest BCUT2D eigenvalue weighted by Crippen LogP contribution is 2.32. The summed E-state index contributed by atoms with van der Waals surface area (Å²) in [5.41, 5.74) is 0.859. The largest absolute Gasteiger partial charge is 0.341 e. The summed E-state index contributed by atoms with van der Waals surface area (Å²) in [5.74, 6) is 0.355. The first kappa shape index (κ1) is 17.7. The second-order valence-electron chi connectivity index (χ2n) is 6.92. The maximum atomic E-state index is 12.6. The fraction of sp³-hybridized carbons (Fsp3) is 0.421. The molecule has 0 N–H and O–H groups in total. The van der Waals surface area contributed by atoms with Crippen LogP contribution in [0.15, 0.2) is 35.2 Å². The summed E-state index contributed by atoms with van der Waals surface area (Å²) in [6.07, 6.45) is 2.80. The zero-order chi connectivity index (χ0) is 18.0. The van der Waals surface area contributed by atoms with E-state index in [9.17, 15) is 14.4 Å². The molecule has 2 atom stereocenters. The molecule has 2 aliphatic heterocycles. The van der Waals surface area contributed by atoms with Crippen molar-refractivity contribution in [2.45, 2.75) is 20.3 Å². The van der Waals surface area contributed by atoms with Crippen LogP contribution in [0.3, 0.4) is 0 Å². The van der Waals surface area contributed by atoms with E-state index < -0.39 is 0 Å². The van der Waals surface area contributed by atoms with Gasteiger partial charge in [0.25, 0.3) is 11.1 Å². The highest BCUT2D eigenvalue weighted by Gasteiger charge is 2.37. The van der Waals surface area contributed by atoms with Crippen molar-refractivity contribution in [1.29, 1.82) is 0 Å². The number of hydrogen-bond acceptors (Lipinski definition) is 4. The van der Waals surface area contributed by atoms with Crippen molar-refractivity contribution in [2.24, 2.45) is 11.8 Å². The van der Waals surface area contributed by atoms with Crippen LogP contribution in [-0.2, 0) is 9.59 Å². The van der Waals surface area contributed by atoms with Crippen LogP contribution in [0.4, 0.5) is 4.79 Å². The van der Waals surface area contributed by atoms with Gasteiger partial charge in [-0.05, 0) is 41.7 Å². The SMILES string of the molecule is CC1CC(C)CN(C(=O)CN2C(=O)S/C(=C/c3ccccc3)C2=O)C1. The van der Waals surface area contributed by atoms with Crippen molar-refractivity contribution in [1.82, 2.24) is 9.80 Å². The summed E-state index contributed by atoms with van der Waals surface area (Å²) in [5, 5.41) is -0.376. The molecule has 1 aromatic carbocycles. The molecule has 132 valence electrons. The van der Waals surface area contributed by atoms with Crippen LogP contribution in [0.2, 0.25) is 0 Å². The fourth-order valence-electron chi connectivity index (χ4n) is 3.44. The van der Waals surface area contributed by atoms with Crippen LogP contribution in [0, 0.1) is 11.8 Å². The number of carbonyl (C=O) groups excluding carboxylic acids is 3. The number of hydrogen-bond donors (Lipinski definition) is 0. The van der Waals surface area contributed by atoms with Crippen LogP contribution in [0.25, 0.3) is 6.08 Å². The number of benzene rings is 1. The molecule has 1 aromatic rings. The third kappa shape index (κ3) is 4.12. The van der Waals surface area contributed by atoms with Crippen molar-refractivity contribution >= 4 is 34.9 Å². The minimum Gasteiger partial charge on any atom is -0.341 e. The molecule has 2 fully saturated rings. The van der Waals surface area contributed by atoms with E-state index in [2.05, 4.69) is 13.8 Å². The number of carbonyl (C=O) groups is 3. The average molecular weight is 358 g/mol. The predicted octanol–water partition coefficient (Wildman–Crippen LogP) is 3.23. The van der Waals surface area contributed by atoms with Gasteiger partial charge in [0.05, 0.1) is 4.91 Å². The summed E-state index contributed by atoms with van der Waals surface area (Å²) in [6.45, 7) is 5.46. The molecule has 2 heterocycles. The molecule has 25 heavy (non-hydrogen) atoms. The Hall–Kier alpha value is -2.08. The molecule has 0 bridgehead atoms. The molecule has 2 aliphatic rings. The lowest BCUT2D eigenvalue weighted by Crippen LogP contribution is -2.47. The van der Waals surface area contributed by atoms with Crippen molar-refractivity contribution in [3.8, 4) is 0 Å². The highest BCUT2D eigenvalue weighted by molar-refractivity contribution is 8.18. The quantitative estimate of drug-likeness (QED) is 0.779. The molecular formula is C19H22N2O3S. The maximum absolute atomic E-state index is 12.6. The Balaban J connectivity index is 1.69. The van der Waals surface area contributed by atoms with Crippen molar-refractivity contribution < 1.29 is 14.4 Å². The van der Waals surface area contributed by atoms with E-state index >= 15 is 0 Å². The average Bonchev–Trinajstić information content (AvgIpc) is 2.82. The number of imide groups is 1. The lowest BCUT2D eigenvalue weighted by Gasteiger charge is -2.35. The normalized spacial score (nSPS) is 25.8. The smallest absolute Gasteiger partial charge is 0.294 e. The zero-order valence-electron chi connectivity index (χ0n) is 14.5. The van der Waals surface area contributed by atoms with Crippen molar-refractivity contribution in [3.05, 3.63) is 40.8 Å². The number of rotatable bonds is 3. The third-order valence-electron chi connectivity index (χ3n) is 4.49. The first-order chi connectivity index (χ1) is 11.9. The Bertz CT molecular complexity index is 707. The Morgan fingerprint density at radius 1 is 1.16 bits per heavy atom. The zero-order valence-corrected chi connectivity index (χ0v) is 15.3. The number of likely N-dealkylation sites (tertiary alicyclic amines) is 1. The topological polar surface area (TPSA) is 57.7 Å². The summed E-state index contributed by atoms with van der Waals surface area (Å²) in [4.78, 5) is 40.5. The molecule has 0 radical (unpaired) electrons. The van der Waals surface area contributed by atoms with Gasteiger partial charge in [-0.2, -0.15) is 0 Å². The molecule has 2 saturated heterocycles. The van der Waals surface area contributed by atoms with Gasteiger partial charge in [-0.3, -0.25) is 19.3 Å². The van der Waals surface area contributed by atoms with Crippen LogP contribution in [0.5, 0.6) is 0 Å². The van der Waals surface area contributed by atoms with E-state index in [0.717, 1.165) is 28.6 Å². The lowest BCUT2D eigenvalue weighted by molar-refractivity contribution is -0.137. The molecule has 5 nitrogen and oxygen atoms in total.